The average molecular weight is 451 g/mol. The summed E-state index contributed by atoms with van der Waals surface area (Å²) in [7, 11) is 0.804. The van der Waals surface area contributed by atoms with E-state index in [0.29, 0.717) is 12.1 Å². The number of hydrogen-bond acceptors (Lipinski definition) is 5. The summed E-state index contributed by atoms with van der Waals surface area (Å²) in [5.41, 5.74) is 5.72. The summed E-state index contributed by atoms with van der Waals surface area (Å²) in [4.78, 5) is 6.12. The van der Waals surface area contributed by atoms with Crippen molar-refractivity contribution in [1.82, 2.24) is 4.90 Å². The van der Waals surface area contributed by atoms with Crippen molar-refractivity contribution in [3.8, 4) is 11.5 Å². The lowest BCUT2D eigenvalue weighted by atomic mass is 10.1. The number of nitrogens with zero attached hydrogens (tertiary/aromatic N) is 2. The van der Waals surface area contributed by atoms with Crippen LogP contribution in [0.15, 0.2) is 58.3 Å². The monoisotopic (exact) mass is 450 g/mol. The maximum atomic E-state index is 13.2. The molecule has 2 N–H and O–H groups in total. The Kier molecular flexibility index (Phi) is 6.26. The first-order valence-corrected chi connectivity index (χ1v) is 12.0. The zero-order chi connectivity index (χ0) is 23.0. The number of aryl methyl sites for hydroxylation is 2. The molecule has 0 radical (unpaired) electrons. The summed E-state index contributed by atoms with van der Waals surface area (Å²) in [6, 6.07) is 15.3. The fourth-order valence-corrected chi connectivity index (χ4v) is 5.75. The van der Waals surface area contributed by atoms with Gasteiger partial charge >= 0.3 is 0 Å². The number of rotatable bonds is 6. The Labute approximate surface area is 192 Å². The van der Waals surface area contributed by atoms with Gasteiger partial charge in [0.25, 0.3) is 0 Å². The fourth-order valence-electron chi connectivity index (χ4n) is 4.32. The van der Waals surface area contributed by atoms with Gasteiger partial charge in [-0.3, -0.25) is 0 Å². The third-order valence-corrected chi connectivity index (χ3v) is 7.77. The highest BCUT2D eigenvalue weighted by molar-refractivity contribution is 7.85. The first kappa shape index (κ1) is 22.4. The minimum atomic E-state index is -1.19. The first-order chi connectivity index (χ1) is 15.3. The molecule has 3 aromatic carbocycles. The molecule has 0 bridgehead atoms. The largest absolute Gasteiger partial charge is 0.507 e. The normalized spacial score (nSPS) is 15.0. The van der Waals surface area contributed by atoms with E-state index in [-0.39, 0.29) is 11.5 Å². The molecule has 1 atom stereocenters. The quantitative estimate of drug-likeness (QED) is 0.543. The van der Waals surface area contributed by atoms with E-state index in [9.17, 15) is 14.4 Å². The van der Waals surface area contributed by atoms with E-state index >= 15 is 0 Å². The Morgan fingerprint density at radius 1 is 0.938 bits per heavy atom. The number of benzene rings is 3. The third kappa shape index (κ3) is 4.00. The van der Waals surface area contributed by atoms with Crippen LogP contribution in [0.5, 0.6) is 11.5 Å². The highest BCUT2D eigenvalue weighted by atomic mass is 32.2. The van der Waals surface area contributed by atoms with Crippen molar-refractivity contribution >= 4 is 22.2 Å². The summed E-state index contributed by atoms with van der Waals surface area (Å²) in [6.45, 7) is 8.05. The Balaban J connectivity index is 1.54. The van der Waals surface area contributed by atoms with Gasteiger partial charge in [-0.2, -0.15) is 0 Å². The van der Waals surface area contributed by atoms with Gasteiger partial charge in [-0.25, -0.2) is 4.21 Å². The Hall–Kier alpha value is -2.83. The molecule has 0 saturated heterocycles. The van der Waals surface area contributed by atoms with Gasteiger partial charge < -0.3 is 20.0 Å². The van der Waals surface area contributed by atoms with Crippen LogP contribution in [0, 0.1) is 20.8 Å². The molecule has 1 aliphatic heterocycles. The summed E-state index contributed by atoms with van der Waals surface area (Å²) < 4.78 is 13.2. The van der Waals surface area contributed by atoms with Crippen LogP contribution in [0.25, 0.3) is 0 Å². The average Bonchev–Trinajstić information content (AvgIpc) is 2.78. The second-order valence-corrected chi connectivity index (χ2v) is 9.98. The van der Waals surface area contributed by atoms with Crippen LogP contribution in [0.3, 0.4) is 0 Å². The highest BCUT2D eigenvalue weighted by Crippen LogP contribution is 2.44. The second kappa shape index (κ2) is 8.96. The molecule has 0 saturated carbocycles. The molecule has 6 heteroatoms. The number of para-hydroxylation sites is 1. The van der Waals surface area contributed by atoms with Crippen LogP contribution >= 0.6 is 0 Å². The Morgan fingerprint density at radius 2 is 1.66 bits per heavy atom. The van der Waals surface area contributed by atoms with Gasteiger partial charge in [-0.05, 0) is 81.7 Å². The second-order valence-electron chi connectivity index (χ2n) is 8.56. The molecule has 0 aliphatic carbocycles. The molecular formula is C26H30N2O3S. The molecule has 168 valence electrons. The van der Waals surface area contributed by atoms with E-state index in [0.717, 1.165) is 51.8 Å². The van der Waals surface area contributed by atoms with Crippen molar-refractivity contribution in [3.63, 3.8) is 0 Å². The van der Waals surface area contributed by atoms with Gasteiger partial charge in [0.2, 0.25) is 0 Å². The lowest BCUT2D eigenvalue weighted by Crippen LogP contribution is -2.29. The van der Waals surface area contributed by atoms with E-state index in [1.54, 1.807) is 12.1 Å². The van der Waals surface area contributed by atoms with Crippen molar-refractivity contribution in [3.05, 3.63) is 70.8 Å². The zero-order valence-electron chi connectivity index (χ0n) is 19.1. The van der Waals surface area contributed by atoms with Crippen LogP contribution in [0.2, 0.25) is 0 Å². The van der Waals surface area contributed by atoms with Gasteiger partial charge in [-0.15, -0.1) is 0 Å². The van der Waals surface area contributed by atoms with Crippen LogP contribution < -0.4 is 4.90 Å². The molecule has 0 fully saturated rings. The predicted molar refractivity (Wildman–Crippen MR) is 129 cm³/mol. The molecule has 0 spiro atoms. The molecule has 0 aromatic heterocycles. The number of fused-ring (bicyclic) bond motifs is 2. The number of aromatic hydroxyl groups is 2. The van der Waals surface area contributed by atoms with Crippen LogP contribution in [-0.2, 0) is 17.3 Å². The van der Waals surface area contributed by atoms with Crippen LogP contribution in [0.4, 0.5) is 11.4 Å². The van der Waals surface area contributed by atoms with Crippen molar-refractivity contribution < 1.29 is 14.4 Å². The standard InChI is InChI=1S/C26H30N2O3S/c1-17-11-13-24-25(19(17)3)28(21-8-5-6-9-23(21)32(24)31)15-7-14-27(4)16-20-22(29)12-10-18(2)26(20)30/h5-6,8-13,29-30H,7,14-16H2,1-4H3. The molecule has 1 unspecified atom stereocenters. The highest BCUT2D eigenvalue weighted by Gasteiger charge is 2.29. The minimum absolute atomic E-state index is 0.118. The van der Waals surface area contributed by atoms with Crippen molar-refractivity contribution in [1.29, 1.82) is 0 Å². The van der Waals surface area contributed by atoms with Gasteiger partial charge in [0.15, 0.2) is 0 Å². The van der Waals surface area contributed by atoms with Crippen molar-refractivity contribution in [2.45, 2.75) is 43.5 Å². The lowest BCUT2D eigenvalue weighted by Gasteiger charge is -2.35. The SMILES string of the molecule is Cc1ccc2c(c1C)N(CCCN(C)Cc1c(O)ccc(C)c1O)c1ccccc1S2=O. The predicted octanol–water partition coefficient (Wildman–Crippen LogP) is 5.16. The van der Waals surface area contributed by atoms with E-state index in [2.05, 4.69) is 23.6 Å². The summed E-state index contributed by atoms with van der Waals surface area (Å²) >= 11 is 0. The van der Waals surface area contributed by atoms with E-state index in [1.165, 1.54) is 5.56 Å². The molecule has 1 heterocycles. The maximum Gasteiger partial charge on any atom is 0.126 e. The molecule has 5 nitrogen and oxygen atoms in total. The van der Waals surface area contributed by atoms with E-state index < -0.39 is 10.8 Å². The van der Waals surface area contributed by atoms with Gasteiger partial charge in [0, 0.05) is 18.7 Å². The fraction of sp³-hybridized carbons (Fsp3) is 0.308. The molecule has 4 rings (SSSR count). The molecule has 32 heavy (non-hydrogen) atoms. The van der Waals surface area contributed by atoms with E-state index in [1.807, 2.05) is 50.4 Å². The minimum Gasteiger partial charge on any atom is -0.507 e. The van der Waals surface area contributed by atoms with Gasteiger partial charge in [0.05, 0.1) is 32.0 Å². The molecule has 1 aliphatic rings. The number of hydrogen-bond donors (Lipinski definition) is 2. The summed E-state index contributed by atoms with van der Waals surface area (Å²) in [6.07, 6.45) is 0.873. The van der Waals surface area contributed by atoms with Crippen molar-refractivity contribution in [2.75, 3.05) is 25.0 Å². The maximum absolute atomic E-state index is 13.2. The number of anilines is 2. The van der Waals surface area contributed by atoms with Crippen LogP contribution in [-0.4, -0.2) is 39.5 Å². The number of phenols is 2. The topological polar surface area (TPSA) is 64.0 Å². The lowest BCUT2D eigenvalue weighted by molar-refractivity contribution is 0.309. The first-order valence-electron chi connectivity index (χ1n) is 10.9. The molecular weight excluding hydrogens is 420 g/mol. The van der Waals surface area contributed by atoms with Gasteiger partial charge in [0.1, 0.15) is 11.5 Å². The van der Waals surface area contributed by atoms with Crippen LogP contribution in [0.1, 0.15) is 28.7 Å². The number of phenolic OH excluding ortho intramolecular Hbond substituents is 2. The summed E-state index contributed by atoms with van der Waals surface area (Å²) in [5, 5.41) is 20.5. The smallest absolute Gasteiger partial charge is 0.126 e. The third-order valence-electron chi connectivity index (χ3n) is 6.30. The Morgan fingerprint density at radius 3 is 2.44 bits per heavy atom. The van der Waals surface area contributed by atoms with E-state index in [4.69, 9.17) is 0 Å². The zero-order valence-corrected chi connectivity index (χ0v) is 19.9. The Bertz CT molecular complexity index is 1190. The summed E-state index contributed by atoms with van der Waals surface area (Å²) in [5.74, 6) is 0.275. The molecule has 0 amide bonds. The van der Waals surface area contributed by atoms with Crippen molar-refractivity contribution in [2.24, 2.45) is 0 Å². The molecule has 3 aromatic rings. The van der Waals surface area contributed by atoms with Gasteiger partial charge in [-0.1, -0.05) is 24.3 Å².